The lowest BCUT2D eigenvalue weighted by Crippen LogP contribution is -2.43. The third-order valence-corrected chi connectivity index (χ3v) is 6.54. The Bertz CT molecular complexity index is 1210. The number of carbonyl (C=O) groups excluding carboxylic acids is 4. The van der Waals surface area contributed by atoms with Crippen LogP contribution in [-0.2, 0) is 25.6 Å². The average molecular weight is 627 g/mol. The molecule has 2 saturated heterocycles. The van der Waals surface area contributed by atoms with E-state index in [-0.39, 0.29) is 36.3 Å². The molecule has 0 saturated carbocycles. The van der Waals surface area contributed by atoms with Crippen LogP contribution in [0.25, 0.3) is 6.08 Å². The first-order chi connectivity index (χ1) is 17.3. The summed E-state index contributed by atoms with van der Waals surface area (Å²) in [5.74, 6) is -0.704. The number of hydrogen-bond donors (Lipinski definition) is 1. The fourth-order valence-corrected chi connectivity index (χ4v) is 5.00. The zero-order valence-corrected chi connectivity index (χ0v) is 22.2. The maximum Gasteiger partial charge on any atom is 0.373 e. The summed E-state index contributed by atoms with van der Waals surface area (Å²) in [6.45, 7) is 1.78. The van der Waals surface area contributed by atoms with Gasteiger partial charge in [0.05, 0.1) is 35.8 Å². The molecule has 0 spiro atoms. The van der Waals surface area contributed by atoms with Crippen LogP contribution in [0.3, 0.4) is 0 Å². The summed E-state index contributed by atoms with van der Waals surface area (Å²) in [6, 6.07) is 5.67. The van der Waals surface area contributed by atoms with Gasteiger partial charge in [0, 0.05) is 13.1 Å². The van der Waals surface area contributed by atoms with E-state index in [9.17, 15) is 19.2 Å². The van der Waals surface area contributed by atoms with Crippen LogP contribution in [0.4, 0.5) is 4.79 Å². The van der Waals surface area contributed by atoms with E-state index < -0.39 is 17.9 Å². The van der Waals surface area contributed by atoms with Gasteiger partial charge in [-0.3, -0.25) is 14.5 Å². The third kappa shape index (κ3) is 5.79. The number of carbonyl (C=O) groups is 4. The molecule has 0 atom stereocenters. The molecule has 3 heterocycles. The monoisotopic (exact) mass is 625 g/mol. The van der Waals surface area contributed by atoms with Crippen LogP contribution in [0, 0.1) is 0 Å². The number of methoxy groups -OCH3 is 1. The molecule has 0 aliphatic carbocycles. The molecular formula is C23H21Br2N3O8. The topological polar surface area (TPSA) is 128 Å². The zero-order valence-electron chi connectivity index (χ0n) is 19.0. The average Bonchev–Trinajstić information content (AvgIpc) is 3.44. The number of rotatable bonds is 7. The molecule has 11 nitrogen and oxygen atoms in total. The highest BCUT2D eigenvalue weighted by Crippen LogP contribution is 2.35. The lowest BCUT2D eigenvalue weighted by atomic mass is 10.2. The number of halogens is 2. The molecule has 4 amide bonds. The van der Waals surface area contributed by atoms with Crippen molar-refractivity contribution in [3.05, 3.63) is 56.0 Å². The fraction of sp³-hybridized carbons (Fsp3) is 0.304. The Balaban J connectivity index is 1.43. The van der Waals surface area contributed by atoms with Gasteiger partial charge in [0.1, 0.15) is 17.2 Å². The fourth-order valence-electron chi connectivity index (χ4n) is 3.55. The summed E-state index contributed by atoms with van der Waals surface area (Å²) in [4.78, 5) is 51.8. The standard InChI is InChI=1S/C23H21Br2N3O8/c1-33-22(31)18-3-2-14(36-18)11-28-21(30)17(26-23(28)32)10-13-8-15(24)20(16(25)9-13)35-12-19(29)27-4-6-34-7-5-27/h2-3,8-10H,4-7,11-12H2,1H3,(H,26,32)/b17-10-. The van der Waals surface area contributed by atoms with E-state index in [1.54, 1.807) is 17.0 Å². The van der Waals surface area contributed by atoms with Gasteiger partial charge in [0.25, 0.3) is 11.8 Å². The molecule has 0 unspecified atom stereocenters. The van der Waals surface area contributed by atoms with E-state index in [1.165, 1.54) is 25.3 Å². The quantitative estimate of drug-likeness (QED) is 0.282. The van der Waals surface area contributed by atoms with Crippen molar-refractivity contribution < 1.29 is 37.8 Å². The normalized spacial score (nSPS) is 16.9. The van der Waals surface area contributed by atoms with Crippen LogP contribution >= 0.6 is 31.9 Å². The summed E-state index contributed by atoms with van der Waals surface area (Å²) in [6.07, 6.45) is 1.51. The van der Waals surface area contributed by atoms with E-state index in [0.29, 0.717) is 46.6 Å². The van der Waals surface area contributed by atoms with Crippen LogP contribution in [0.5, 0.6) is 5.75 Å². The molecule has 2 aromatic rings. The van der Waals surface area contributed by atoms with Crippen molar-refractivity contribution in [2.45, 2.75) is 6.54 Å². The highest BCUT2D eigenvalue weighted by atomic mass is 79.9. The van der Waals surface area contributed by atoms with Crippen LogP contribution in [0.2, 0.25) is 0 Å². The molecule has 2 fully saturated rings. The first-order valence-electron chi connectivity index (χ1n) is 10.8. The predicted molar refractivity (Wildman–Crippen MR) is 132 cm³/mol. The number of nitrogens with one attached hydrogen (secondary N) is 1. The van der Waals surface area contributed by atoms with Gasteiger partial charge in [0.15, 0.2) is 6.61 Å². The van der Waals surface area contributed by atoms with E-state index in [2.05, 4.69) is 41.9 Å². The second-order valence-electron chi connectivity index (χ2n) is 7.73. The summed E-state index contributed by atoms with van der Waals surface area (Å²) >= 11 is 6.87. The largest absolute Gasteiger partial charge is 0.481 e. The summed E-state index contributed by atoms with van der Waals surface area (Å²) < 4.78 is 22.0. The number of imide groups is 1. The van der Waals surface area contributed by atoms with E-state index in [4.69, 9.17) is 13.9 Å². The van der Waals surface area contributed by atoms with Gasteiger partial charge < -0.3 is 28.8 Å². The van der Waals surface area contributed by atoms with Crippen molar-refractivity contribution in [3.8, 4) is 5.75 Å². The third-order valence-electron chi connectivity index (χ3n) is 5.36. The number of hydrogen-bond acceptors (Lipinski definition) is 8. The number of urea groups is 1. The zero-order chi connectivity index (χ0) is 25.8. The minimum absolute atomic E-state index is 0.0287. The number of furan rings is 1. The highest BCUT2D eigenvalue weighted by Gasteiger charge is 2.34. The molecule has 1 aromatic heterocycles. The Morgan fingerprint density at radius 1 is 1.14 bits per heavy atom. The molecule has 1 N–H and O–H groups in total. The molecule has 0 radical (unpaired) electrons. The maximum absolute atomic E-state index is 12.8. The minimum Gasteiger partial charge on any atom is -0.481 e. The SMILES string of the molecule is COC(=O)c1ccc(CN2C(=O)N/C(=C\c3cc(Br)c(OCC(=O)N4CCOCC4)c(Br)c3)C2=O)o1. The van der Waals surface area contributed by atoms with Crippen LogP contribution < -0.4 is 10.1 Å². The second kappa shape index (κ2) is 11.3. The van der Waals surface area contributed by atoms with Crippen molar-refractivity contribution in [3.63, 3.8) is 0 Å². The van der Waals surface area contributed by atoms with Gasteiger partial charge in [-0.1, -0.05) is 0 Å². The molecule has 0 bridgehead atoms. The number of ether oxygens (including phenoxy) is 3. The second-order valence-corrected chi connectivity index (χ2v) is 9.44. The van der Waals surface area contributed by atoms with Crippen molar-refractivity contribution >= 4 is 61.8 Å². The first kappa shape index (κ1) is 25.9. The molecule has 36 heavy (non-hydrogen) atoms. The number of nitrogens with zero attached hydrogens (tertiary/aromatic N) is 2. The van der Waals surface area contributed by atoms with E-state index >= 15 is 0 Å². The Morgan fingerprint density at radius 2 is 1.83 bits per heavy atom. The van der Waals surface area contributed by atoms with Gasteiger partial charge in [-0.15, -0.1) is 0 Å². The maximum atomic E-state index is 12.8. The van der Waals surface area contributed by atoms with Gasteiger partial charge in [-0.05, 0) is 67.8 Å². The van der Waals surface area contributed by atoms with Crippen LogP contribution in [0.15, 0.2) is 43.3 Å². The summed E-state index contributed by atoms with van der Waals surface area (Å²) in [5.41, 5.74) is 0.659. The van der Waals surface area contributed by atoms with Crippen LogP contribution in [-0.4, -0.2) is 73.6 Å². The van der Waals surface area contributed by atoms with Crippen molar-refractivity contribution in [2.75, 3.05) is 40.0 Å². The van der Waals surface area contributed by atoms with Crippen molar-refractivity contribution in [1.82, 2.24) is 15.1 Å². The molecular weight excluding hydrogens is 606 g/mol. The Morgan fingerprint density at radius 3 is 2.50 bits per heavy atom. The number of esters is 1. The highest BCUT2D eigenvalue weighted by molar-refractivity contribution is 9.11. The van der Waals surface area contributed by atoms with Crippen molar-refractivity contribution in [1.29, 1.82) is 0 Å². The molecule has 190 valence electrons. The van der Waals surface area contributed by atoms with Gasteiger partial charge in [0.2, 0.25) is 5.76 Å². The Kier molecular flexibility index (Phi) is 8.11. The number of amides is 4. The van der Waals surface area contributed by atoms with Gasteiger partial charge in [-0.2, -0.15) is 0 Å². The molecule has 2 aliphatic heterocycles. The van der Waals surface area contributed by atoms with Crippen molar-refractivity contribution in [2.24, 2.45) is 0 Å². The Hall–Kier alpha value is -3.16. The smallest absolute Gasteiger partial charge is 0.373 e. The summed E-state index contributed by atoms with van der Waals surface area (Å²) in [7, 11) is 1.22. The molecule has 2 aliphatic rings. The number of benzene rings is 1. The van der Waals surface area contributed by atoms with Gasteiger partial charge in [-0.25, -0.2) is 9.59 Å². The lowest BCUT2D eigenvalue weighted by molar-refractivity contribution is -0.137. The Labute approximate surface area is 222 Å². The summed E-state index contributed by atoms with van der Waals surface area (Å²) in [5, 5.41) is 2.54. The molecule has 4 rings (SSSR count). The first-order valence-corrected chi connectivity index (χ1v) is 12.3. The van der Waals surface area contributed by atoms with E-state index in [1.807, 2.05) is 0 Å². The predicted octanol–water partition coefficient (Wildman–Crippen LogP) is 2.92. The van der Waals surface area contributed by atoms with Crippen LogP contribution in [0.1, 0.15) is 21.9 Å². The van der Waals surface area contributed by atoms with E-state index in [0.717, 1.165) is 4.90 Å². The minimum atomic E-state index is -0.659. The van der Waals surface area contributed by atoms with Gasteiger partial charge >= 0.3 is 12.0 Å². The lowest BCUT2D eigenvalue weighted by Gasteiger charge is -2.26. The number of morpholine rings is 1. The molecule has 1 aromatic carbocycles. The molecule has 13 heteroatoms.